The summed E-state index contributed by atoms with van der Waals surface area (Å²) in [7, 11) is 0. The number of rotatable bonds is 7. The first-order valence-electron chi connectivity index (χ1n) is 8.14. The second-order valence-electron chi connectivity index (χ2n) is 6.59. The molecule has 0 aliphatic carbocycles. The van der Waals surface area contributed by atoms with Crippen LogP contribution >= 0.6 is 11.8 Å². The van der Waals surface area contributed by atoms with Crippen molar-refractivity contribution >= 4 is 23.4 Å². The lowest BCUT2D eigenvalue weighted by Gasteiger charge is -2.26. The molecule has 0 aliphatic heterocycles. The van der Waals surface area contributed by atoms with E-state index in [4.69, 9.17) is 0 Å². The van der Waals surface area contributed by atoms with Crippen molar-refractivity contribution in [2.45, 2.75) is 36.3 Å². The summed E-state index contributed by atoms with van der Waals surface area (Å²) in [6, 6.07) is 12.6. The standard InChI is InChI=1S/C19H21FN2O3S/c1-13(26-15-10-8-14(9-11-15)22(24)25)18(23)21-12-19(2,3)16-6-4-5-7-17(16)20/h4-11,13H,12H2,1-3H3,(H,21,23). The van der Waals surface area contributed by atoms with E-state index < -0.39 is 10.3 Å². The van der Waals surface area contributed by atoms with Crippen molar-refractivity contribution in [3.63, 3.8) is 0 Å². The molecule has 1 amide bonds. The molecule has 1 unspecified atom stereocenters. The van der Waals surface area contributed by atoms with Crippen molar-refractivity contribution in [2.24, 2.45) is 0 Å². The first kappa shape index (κ1) is 19.9. The molecule has 2 aromatic carbocycles. The highest BCUT2D eigenvalue weighted by atomic mass is 32.2. The van der Waals surface area contributed by atoms with Crippen molar-refractivity contribution in [3.05, 3.63) is 70.0 Å². The first-order valence-corrected chi connectivity index (χ1v) is 9.02. The Labute approximate surface area is 156 Å². The Hall–Kier alpha value is -2.41. The predicted molar refractivity (Wildman–Crippen MR) is 101 cm³/mol. The molecule has 0 aliphatic rings. The van der Waals surface area contributed by atoms with Crippen molar-refractivity contribution in [2.75, 3.05) is 6.54 Å². The van der Waals surface area contributed by atoms with Gasteiger partial charge in [0.15, 0.2) is 0 Å². The number of nitro benzene ring substituents is 1. The molecule has 0 saturated heterocycles. The average molecular weight is 376 g/mol. The molecule has 2 aromatic rings. The van der Waals surface area contributed by atoms with Gasteiger partial charge in [0.1, 0.15) is 5.82 Å². The minimum atomic E-state index is -0.543. The average Bonchev–Trinajstić information content (AvgIpc) is 2.60. The highest BCUT2D eigenvalue weighted by molar-refractivity contribution is 8.00. The van der Waals surface area contributed by atoms with Crippen molar-refractivity contribution in [1.82, 2.24) is 5.32 Å². The maximum absolute atomic E-state index is 14.0. The molecular formula is C19H21FN2O3S. The molecule has 0 spiro atoms. The monoisotopic (exact) mass is 376 g/mol. The number of carbonyl (C=O) groups is 1. The lowest BCUT2D eigenvalue weighted by molar-refractivity contribution is -0.384. The largest absolute Gasteiger partial charge is 0.354 e. The fourth-order valence-corrected chi connectivity index (χ4v) is 3.35. The summed E-state index contributed by atoms with van der Waals surface area (Å²) in [4.78, 5) is 23.3. The van der Waals surface area contributed by atoms with Gasteiger partial charge in [-0.2, -0.15) is 0 Å². The number of benzene rings is 2. The van der Waals surface area contributed by atoms with E-state index in [2.05, 4.69) is 5.32 Å². The van der Waals surface area contributed by atoms with Crippen LogP contribution in [0.2, 0.25) is 0 Å². The topological polar surface area (TPSA) is 72.2 Å². The van der Waals surface area contributed by atoms with Crippen molar-refractivity contribution in [1.29, 1.82) is 0 Å². The van der Waals surface area contributed by atoms with Gasteiger partial charge in [0.05, 0.1) is 10.2 Å². The van der Waals surface area contributed by atoms with Gasteiger partial charge in [0.2, 0.25) is 5.91 Å². The molecule has 2 rings (SSSR count). The number of hydrogen-bond donors (Lipinski definition) is 1. The first-order chi connectivity index (χ1) is 12.2. The summed E-state index contributed by atoms with van der Waals surface area (Å²) in [5.74, 6) is -0.460. The minimum absolute atomic E-state index is 0.0121. The summed E-state index contributed by atoms with van der Waals surface area (Å²) in [6.07, 6.45) is 0. The van der Waals surface area contributed by atoms with E-state index in [1.165, 1.54) is 30.0 Å². The van der Waals surface area contributed by atoms with Gasteiger partial charge < -0.3 is 5.32 Å². The van der Waals surface area contributed by atoms with Gasteiger partial charge in [-0.3, -0.25) is 14.9 Å². The Morgan fingerprint density at radius 2 is 1.85 bits per heavy atom. The maximum Gasteiger partial charge on any atom is 0.269 e. The van der Waals surface area contributed by atoms with E-state index in [0.717, 1.165) is 4.90 Å². The Kier molecular flexibility index (Phi) is 6.37. The molecule has 1 N–H and O–H groups in total. The fraction of sp³-hybridized carbons (Fsp3) is 0.316. The molecule has 0 fully saturated rings. The SMILES string of the molecule is CC(Sc1ccc([N+](=O)[O-])cc1)C(=O)NCC(C)(C)c1ccccc1F. The number of carbonyl (C=O) groups excluding carboxylic acids is 1. The van der Waals surface area contributed by atoms with Crippen LogP contribution in [-0.2, 0) is 10.2 Å². The molecule has 1 atom stereocenters. The third kappa shape index (κ3) is 5.05. The molecule has 5 nitrogen and oxygen atoms in total. The minimum Gasteiger partial charge on any atom is -0.354 e. The maximum atomic E-state index is 14.0. The van der Waals surface area contributed by atoms with E-state index in [1.807, 2.05) is 13.8 Å². The molecule has 26 heavy (non-hydrogen) atoms. The van der Waals surface area contributed by atoms with Gasteiger partial charge in [-0.25, -0.2) is 4.39 Å². The number of thioether (sulfide) groups is 1. The lowest BCUT2D eigenvalue weighted by atomic mass is 9.84. The van der Waals surface area contributed by atoms with Gasteiger partial charge in [-0.15, -0.1) is 11.8 Å². The van der Waals surface area contributed by atoms with Gasteiger partial charge in [0.25, 0.3) is 5.69 Å². The van der Waals surface area contributed by atoms with Crippen LogP contribution in [-0.4, -0.2) is 22.6 Å². The molecule has 0 aromatic heterocycles. The van der Waals surface area contributed by atoms with Crippen LogP contribution in [0.1, 0.15) is 26.3 Å². The summed E-state index contributed by atoms with van der Waals surface area (Å²) in [5, 5.41) is 13.2. The van der Waals surface area contributed by atoms with Crippen molar-refractivity contribution in [3.8, 4) is 0 Å². The molecule has 0 bridgehead atoms. The van der Waals surface area contributed by atoms with E-state index in [-0.39, 0.29) is 22.7 Å². The number of nitrogens with zero attached hydrogens (tertiary/aromatic N) is 1. The number of nitro groups is 1. The van der Waals surface area contributed by atoms with Crippen LogP contribution < -0.4 is 5.32 Å². The second-order valence-corrected chi connectivity index (χ2v) is 8.01. The van der Waals surface area contributed by atoms with E-state index in [1.54, 1.807) is 37.3 Å². The highest BCUT2D eigenvalue weighted by Crippen LogP contribution is 2.27. The number of hydrogen-bond acceptors (Lipinski definition) is 4. The number of amides is 1. The number of halogens is 1. The normalized spacial score (nSPS) is 12.5. The second kappa shape index (κ2) is 8.31. The van der Waals surface area contributed by atoms with Gasteiger partial charge in [-0.05, 0) is 30.7 Å². The molecule has 0 saturated carbocycles. The quantitative estimate of drug-likeness (QED) is 0.444. The summed E-state index contributed by atoms with van der Waals surface area (Å²) in [6.45, 7) is 5.81. The van der Waals surface area contributed by atoms with Gasteiger partial charge in [0, 0.05) is 29.0 Å². The number of non-ortho nitro benzene ring substituents is 1. The molecule has 0 radical (unpaired) electrons. The summed E-state index contributed by atoms with van der Waals surface area (Å²) >= 11 is 1.31. The molecule has 7 heteroatoms. The predicted octanol–water partition coefficient (Wildman–Crippen LogP) is 4.31. The Morgan fingerprint density at radius 3 is 2.42 bits per heavy atom. The van der Waals surface area contributed by atoms with E-state index in [0.29, 0.717) is 12.1 Å². The van der Waals surface area contributed by atoms with Crippen LogP contribution in [0.3, 0.4) is 0 Å². The fourth-order valence-electron chi connectivity index (χ4n) is 2.46. The summed E-state index contributed by atoms with van der Waals surface area (Å²) in [5.41, 5.74) is 0.0210. The zero-order valence-electron chi connectivity index (χ0n) is 14.9. The van der Waals surface area contributed by atoms with E-state index in [9.17, 15) is 19.3 Å². The Balaban J connectivity index is 1.94. The smallest absolute Gasteiger partial charge is 0.269 e. The third-order valence-electron chi connectivity index (χ3n) is 4.04. The molecular weight excluding hydrogens is 355 g/mol. The third-order valence-corrected chi connectivity index (χ3v) is 5.15. The van der Waals surface area contributed by atoms with Crippen LogP contribution in [0.25, 0.3) is 0 Å². The molecule has 0 heterocycles. The van der Waals surface area contributed by atoms with E-state index >= 15 is 0 Å². The Bertz CT molecular complexity index is 794. The highest BCUT2D eigenvalue weighted by Gasteiger charge is 2.25. The summed E-state index contributed by atoms with van der Waals surface area (Å²) < 4.78 is 14.0. The zero-order valence-corrected chi connectivity index (χ0v) is 15.7. The molecule has 138 valence electrons. The Morgan fingerprint density at radius 1 is 1.23 bits per heavy atom. The zero-order chi connectivity index (χ0) is 19.3. The van der Waals surface area contributed by atoms with Gasteiger partial charge >= 0.3 is 0 Å². The number of nitrogens with one attached hydrogen (secondary N) is 1. The van der Waals surface area contributed by atoms with Crippen molar-refractivity contribution < 1.29 is 14.1 Å². The van der Waals surface area contributed by atoms with Gasteiger partial charge in [-0.1, -0.05) is 32.0 Å². The van der Waals surface area contributed by atoms with Crippen LogP contribution in [0.4, 0.5) is 10.1 Å². The lowest BCUT2D eigenvalue weighted by Crippen LogP contribution is -2.40. The van der Waals surface area contributed by atoms with Crippen LogP contribution in [0.15, 0.2) is 53.4 Å². The van der Waals surface area contributed by atoms with Crippen LogP contribution in [0, 0.1) is 15.9 Å². The van der Waals surface area contributed by atoms with Crippen LogP contribution in [0.5, 0.6) is 0 Å².